The highest BCUT2D eigenvalue weighted by Crippen LogP contribution is 2.55. The largest absolute Gasteiger partial charge is 0.0757 e. The van der Waals surface area contributed by atoms with E-state index in [2.05, 4.69) is 41.5 Å². The van der Waals surface area contributed by atoms with Crippen molar-refractivity contribution in [3.05, 3.63) is 0 Å². The second-order valence-electron chi connectivity index (χ2n) is 7.11. The van der Waals surface area contributed by atoms with Crippen molar-refractivity contribution >= 4 is 51.1 Å². The Labute approximate surface area is 152 Å². The summed E-state index contributed by atoms with van der Waals surface area (Å²) in [4.78, 5) is 0. The summed E-state index contributed by atoms with van der Waals surface area (Å²) in [5, 5.41) is 0. The lowest BCUT2D eigenvalue weighted by Gasteiger charge is -2.22. The second-order valence-corrected chi connectivity index (χ2v) is 16.1. The van der Waals surface area contributed by atoms with Crippen LogP contribution >= 0.6 is 51.1 Å². The van der Waals surface area contributed by atoms with Crippen LogP contribution < -0.4 is 0 Å². The molecular weight excluding hydrogens is 353 g/mol. The van der Waals surface area contributed by atoms with Crippen molar-refractivity contribution in [1.82, 2.24) is 0 Å². The molecule has 0 saturated carbocycles. The molecule has 0 aliphatic heterocycles. The predicted octanol–water partition coefficient (Wildman–Crippen LogP) is 9.03. The molecule has 128 valence electrons. The normalized spacial score (nSPS) is 12.9. The molecule has 0 saturated heterocycles. The first-order valence-electron chi connectivity index (χ1n) is 8.14. The highest BCUT2D eigenvalue weighted by atomic mass is 33.8. The van der Waals surface area contributed by atoms with E-state index in [-0.39, 0.29) is 0 Å². The van der Waals surface area contributed by atoms with Gasteiger partial charge in [-0.2, -0.15) is 0 Å². The predicted molar refractivity (Wildman–Crippen MR) is 114 cm³/mol. The third kappa shape index (κ3) is 17.9. The van der Waals surface area contributed by atoms with Gasteiger partial charge >= 0.3 is 0 Å². The van der Waals surface area contributed by atoms with E-state index in [4.69, 9.17) is 0 Å². The van der Waals surface area contributed by atoms with E-state index >= 15 is 0 Å². The molecule has 0 aliphatic carbocycles. The Bertz CT molecular complexity index is 235. The maximum Gasteiger partial charge on any atom is 0.0215 e. The summed E-state index contributed by atoms with van der Waals surface area (Å²) in [6, 6.07) is 0. The van der Waals surface area contributed by atoms with Gasteiger partial charge in [0.2, 0.25) is 0 Å². The minimum absolute atomic E-state index is 0.357. The van der Waals surface area contributed by atoms with Crippen LogP contribution in [0.4, 0.5) is 0 Å². The average molecular weight is 387 g/mol. The standard InChI is InChI=1S/C16H34S5/c1-7-8-9-10-11-12-13-14-16(5,6)18-20-21-19-17-15(2,3)4/h7-14H2,1-6H3. The van der Waals surface area contributed by atoms with E-state index < -0.39 is 0 Å². The van der Waals surface area contributed by atoms with Crippen LogP contribution in [0.25, 0.3) is 0 Å². The summed E-state index contributed by atoms with van der Waals surface area (Å²) in [7, 11) is 9.79. The Morgan fingerprint density at radius 2 is 1.14 bits per heavy atom. The molecular formula is C16H34S5. The van der Waals surface area contributed by atoms with Crippen LogP contribution in [-0.4, -0.2) is 9.49 Å². The summed E-state index contributed by atoms with van der Waals surface area (Å²) in [5.41, 5.74) is 0. The zero-order chi connectivity index (χ0) is 16.2. The first kappa shape index (κ1) is 22.8. The van der Waals surface area contributed by atoms with E-state index in [1.807, 2.05) is 51.1 Å². The maximum absolute atomic E-state index is 2.39. The minimum atomic E-state index is 0.357. The molecule has 0 radical (unpaired) electrons. The molecule has 0 N–H and O–H groups in total. The molecule has 0 aliphatic rings. The molecule has 0 atom stereocenters. The Kier molecular flexibility index (Phi) is 14.2. The Hall–Kier alpha value is 1.75. The van der Waals surface area contributed by atoms with Crippen LogP contribution in [0.5, 0.6) is 0 Å². The fourth-order valence-corrected chi connectivity index (χ4v) is 12.3. The molecule has 0 aromatic carbocycles. The van der Waals surface area contributed by atoms with Gasteiger partial charge in [-0.05, 0) is 49.7 Å². The quantitative estimate of drug-likeness (QED) is 0.228. The Morgan fingerprint density at radius 3 is 1.71 bits per heavy atom. The van der Waals surface area contributed by atoms with Crippen molar-refractivity contribution < 1.29 is 0 Å². The lowest BCUT2D eigenvalue weighted by Crippen LogP contribution is -2.12. The van der Waals surface area contributed by atoms with E-state index in [1.165, 1.54) is 51.4 Å². The van der Waals surface area contributed by atoms with Crippen LogP contribution in [0.2, 0.25) is 0 Å². The van der Waals surface area contributed by atoms with E-state index in [1.54, 1.807) is 0 Å². The van der Waals surface area contributed by atoms with Gasteiger partial charge < -0.3 is 0 Å². The Balaban J connectivity index is 3.47. The lowest BCUT2D eigenvalue weighted by atomic mass is 10.0. The van der Waals surface area contributed by atoms with Crippen molar-refractivity contribution in [2.75, 3.05) is 0 Å². The van der Waals surface area contributed by atoms with E-state index in [9.17, 15) is 0 Å². The molecule has 0 nitrogen and oxygen atoms in total. The fourth-order valence-electron chi connectivity index (χ4n) is 1.78. The number of hydrogen-bond donors (Lipinski definition) is 0. The highest BCUT2D eigenvalue weighted by Gasteiger charge is 2.19. The molecule has 0 amide bonds. The van der Waals surface area contributed by atoms with Gasteiger partial charge in [-0.3, -0.25) is 0 Å². The molecule has 0 unspecified atom stereocenters. The van der Waals surface area contributed by atoms with Crippen molar-refractivity contribution in [2.45, 2.75) is 102 Å². The summed E-state index contributed by atoms with van der Waals surface area (Å²) in [5.74, 6) is 0. The highest BCUT2D eigenvalue weighted by molar-refractivity contribution is 9.35. The molecule has 0 spiro atoms. The van der Waals surface area contributed by atoms with Gasteiger partial charge in [0.1, 0.15) is 0 Å². The smallest absolute Gasteiger partial charge is 0.0215 e. The topological polar surface area (TPSA) is 0 Å². The fraction of sp³-hybridized carbons (Fsp3) is 1.00. The van der Waals surface area contributed by atoms with Gasteiger partial charge in [0.25, 0.3) is 0 Å². The van der Waals surface area contributed by atoms with Gasteiger partial charge in [-0.15, -0.1) is 0 Å². The van der Waals surface area contributed by atoms with Crippen LogP contribution in [0.1, 0.15) is 92.9 Å². The van der Waals surface area contributed by atoms with Crippen LogP contribution in [0.3, 0.4) is 0 Å². The maximum atomic E-state index is 2.39. The molecule has 0 aromatic rings. The van der Waals surface area contributed by atoms with Crippen LogP contribution in [0.15, 0.2) is 0 Å². The van der Waals surface area contributed by atoms with Crippen molar-refractivity contribution in [1.29, 1.82) is 0 Å². The zero-order valence-corrected chi connectivity index (χ0v) is 18.8. The monoisotopic (exact) mass is 386 g/mol. The van der Waals surface area contributed by atoms with E-state index in [0.717, 1.165) is 0 Å². The minimum Gasteiger partial charge on any atom is -0.0757 e. The summed E-state index contributed by atoms with van der Waals surface area (Å²) >= 11 is 0. The second kappa shape index (κ2) is 13.1. The van der Waals surface area contributed by atoms with Crippen LogP contribution in [-0.2, 0) is 0 Å². The molecule has 0 aromatic heterocycles. The number of rotatable bonds is 13. The first-order valence-corrected chi connectivity index (χ1v) is 14.3. The van der Waals surface area contributed by atoms with Gasteiger partial charge in [0, 0.05) is 9.49 Å². The van der Waals surface area contributed by atoms with Gasteiger partial charge in [0.05, 0.1) is 0 Å². The third-order valence-electron chi connectivity index (χ3n) is 2.98. The van der Waals surface area contributed by atoms with Gasteiger partial charge in [-0.1, -0.05) is 94.2 Å². The zero-order valence-electron chi connectivity index (χ0n) is 14.7. The lowest BCUT2D eigenvalue weighted by molar-refractivity contribution is 0.538. The molecule has 0 fully saturated rings. The molecule has 21 heavy (non-hydrogen) atoms. The SMILES string of the molecule is CCCCCCCCCC(C)(C)SSSSSC(C)(C)C. The summed E-state index contributed by atoms with van der Waals surface area (Å²) in [6.07, 6.45) is 11.2. The van der Waals surface area contributed by atoms with Crippen LogP contribution in [0, 0.1) is 0 Å². The number of hydrogen-bond acceptors (Lipinski definition) is 5. The Morgan fingerprint density at radius 1 is 0.619 bits per heavy atom. The summed E-state index contributed by atoms with van der Waals surface area (Å²) < 4.78 is 0.768. The molecule has 0 bridgehead atoms. The number of unbranched alkanes of at least 4 members (excludes halogenated alkanes) is 6. The molecule has 5 heteroatoms. The van der Waals surface area contributed by atoms with Crippen molar-refractivity contribution in [2.24, 2.45) is 0 Å². The van der Waals surface area contributed by atoms with Gasteiger partial charge in [-0.25, -0.2) is 0 Å². The first-order chi connectivity index (χ1) is 9.77. The van der Waals surface area contributed by atoms with Gasteiger partial charge in [0.15, 0.2) is 0 Å². The summed E-state index contributed by atoms with van der Waals surface area (Å²) in [6.45, 7) is 13.9. The third-order valence-corrected chi connectivity index (χ3v) is 13.2. The van der Waals surface area contributed by atoms with E-state index in [0.29, 0.717) is 9.49 Å². The average Bonchev–Trinajstić information content (AvgIpc) is 2.35. The van der Waals surface area contributed by atoms with Crippen molar-refractivity contribution in [3.63, 3.8) is 0 Å². The molecule has 0 rings (SSSR count). The molecule has 0 heterocycles. The van der Waals surface area contributed by atoms with Crippen molar-refractivity contribution in [3.8, 4) is 0 Å².